The van der Waals surface area contributed by atoms with Crippen molar-refractivity contribution in [2.75, 3.05) is 12.5 Å². The van der Waals surface area contributed by atoms with Gasteiger partial charge in [0.25, 0.3) is 0 Å². The van der Waals surface area contributed by atoms with Crippen LogP contribution in [0.2, 0.25) is 5.02 Å². The van der Waals surface area contributed by atoms with Crippen LogP contribution >= 0.6 is 11.6 Å². The Morgan fingerprint density at radius 1 is 1.18 bits per heavy atom. The molecule has 0 aliphatic carbocycles. The van der Waals surface area contributed by atoms with Gasteiger partial charge in [0.2, 0.25) is 0 Å². The van der Waals surface area contributed by atoms with E-state index in [1.807, 2.05) is 12.1 Å². The highest BCUT2D eigenvalue weighted by atomic mass is 35.5. The zero-order valence-electron chi connectivity index (χ0n) is 6.80. The fraction of sp³-hybridized carbons (Fsp3) is 0.333. The molecule has 0 saturated carbocycles. The maximum Gasteiger partial charge on any atom is 0.132 e. The molecule has 0 bridgehead atoms. The molecule has 0 N–H and O–H groups in total. The third-order valence-corrected chi connectivity index (χ3v) is 2.53. The van der Waals surface area contributed by atoms with E-state index < -0.39 is 0 Å². The Labute approximate surface area is 75.9 Å². The van der Waals surface area contributed by atoms with Gasteiger partial charge < -0.3 is 0 Å². The van der Waals surface area contributed by atoms with Crippen LogP contribution in [0.5, 0.6) is 0 Å². The average Bonchev–Trinajstić information content (AvgIpc) is 1.93. The van der Waals surface area contributed by atoms with Crippen molar-refractivity contribution in [2.24, 2.45) is 0 Å². The van der Waals surface area contributed by atoms with E-state index >= 15 is 0 Å². The third-order valence-electron chi connectivity index (χ3n) is 1.37. The zero-order chi connectivity index (χ0) is 8.27. The predicted molar refractivity (Wildman–Crippen MR) is 54.4 cm³/mol. The predicted octanol–water partition coefficient (Wildman–Crippen LogP) is 2.72. The van der Waals surface area contributed by atoms with Crippen molar-refractivity contribution >= 4 is 22.5 Å². The molecule has 0 heterocycles. The van der Waals surface area contributed by atoms with Crippen molar-refractivity contribution in [3.05, 3.63) is 34.9 Å². The highest BCUT2D eigenvalue weighted by Crippen LogP contribution is 2.11. The van der Waals surface area contributed by atoms with Gasteiger partial charge in [-0.25, -0.2) is 0 Å². The van der Waals surface area contributed by atoms with Crippen LogP contribution < -0.4 is 0 Å². The van der Waals surface area contributed by atoms with E-state index in [0.717, 1.165) is 10.8 Å². The van der Waals surface area contributed by atoms with Crippen LogP contribution in [0.3, 0.4) is 0 Å². The van der Waals surface area contributed by atoms with E-state index in [9.17, 15) is 0 Å². The van der Waals surface area contributed by atoms with E-state index in [1.54, 1.807) is 0 Å². The van der Waals surface area contributed by atoms with Gasteiger partial charge in [0.05, 0.1) is 12.5 Å². The Bertz CT molecular complexity index is 216. The van der Waals surface area contributed by atoms with Crippen LogP contribution in [0.4, 0.5) is 0 Å². The minimum Gasteiger partial charge on any atom is -0.0843 e. The molecule has 0 aliphatic rings. The second-order valence-electron chi connectivity index (χ2n) is 2.76. The molecule has 0 spiro atoms. The molecule has 1 aromatic rings. The normalized spacial score (nSPS) is 10.5. The van der Waals surface area contributed by atoms with Gasteiger partial charge in [0.15, 0.2) is 0 Å². The Morgan fingerprint density at radius 2 is 1.73 bits per heavy atom. The lowest BCUT2D eigenvalue weighted by atomic mass is 10.2. The van der Waals surface area contributed by atoms with E-state index in [-0.39, 0.29) is 0 Å². The van der Waals surface area contributed by atoms with Gasteiger partial charge in [0.1, 0.15) is 5.75 Å². The first kappa shape index (κ1) is 8.95. The van der Waals surface area contributed by atoms with Crippen LogP contribution in [0.25, 0.3) is 0 Å². The molecule has 0 nitrogen and oxygen atoms in total. The molecule has 60 valence electrons. The smallest absolute Gasteiger partial charge is 0.0843 e. The third kappa shape index (κ3) is 3.17. The zero-order valence-corrected chi connectivity index (χ0v) is 8.38. The van der Waals surface area contributed by atoms with Crippen molar-refractivity contribution < 1.29 is 0 Å². The maximum absolute atomic E-state index is 5.75. The molecule has 2 heteroatoms. The quantitative estimate of drug-likeness (QED) is 0.625. The molecule has 0 amide bonds. The second-order valence-corrected chi connectivity index (χ2v) is 5.45. The fourth-order valence-electron chi connectivity index (χ4n) is 0.914. The van der Waals surface area contributed by atoms with E-state index in [1.165, 1.54) is 5.56 Å². The van der Waals surface area contributed by atoms with E-state index in [4.69, 9.17) is 11.6 Å². The lowest BCUT2D eigenvalue weighted by molar-refractivity contribution is 1.41. The van der Waals surface area contributed by atoms with E-state index in [2.05, 4.69) is 24.6 Å². The average molecular weight is 188 g/mol. The van der Waals surface area contributed by atoms with Crippen LogP contribution in [-0.2, 0) is 16.6 Å². The summed E-state index contributed by atoms with van der Waals surface area (Å²) in [6.07, 6.45) is 4.49. The monoisotopic (exact) mass is 187 g/mol. The second kappa shape index (κ2) is 4.03. The molecule has 0 aliphatic heterocycles. The molecule has 0 saturated heterocycles. The Hall–Kier alpha value is -0.140. The van der Waals surface area contributed by atoms with E-state index in [0.29, 0.717) is 10.9 Å². The first-order chi connectivity index (χ1) is 5.18. The number of hydrogen-bond acceptors (Lipinski definition) is 0. The molecule has 0 atom stereocenters. The molecule has 0 fully saturated rings. The molecule has 0 radical (unpaired) electrons. The molecule has 11 heavy (non-hydrogen) atoms. The summed E-state index contributed by atoms with van der Waals surface area (Å²) in [6.45, 7) is 0. The molecule has 1 rings (SSSR count). The molecule has 0 aromatic heterocycles. The Morgan fingerprint density at radius 3 is 2.18 bits per heavy atom. The number of hydrogen-bond donors (Lipinski definition) is 0. The summed E-state index contributed by atoms with van der Waals surface area (Å²) in [6, 6.07) is 8.08. The van der Waals surface area contributed by atoms with Crippen molar-refractivity contribution in [3.63, 3.8) is 0 Å². The number of rotatable bonds is 2. The first-order valence-electron chi connectivity index (χ1n) is 3.47. The van der Waals surface area contributed by atoms with Gasteiger partial charge in [0, 0.05) is 10.6 Å². The van der Waals surface area contributed by atoms with Crippen molar-refractivity contribution in [2.45, 2.75) is 5.75 Å². The molecular weight excluding hydrogens is 176 g/mol. The SMILES string of the molecule is C[S+](C)Cc1ccc(Cl)cc1. The molecule has 1 aromatic carbocycles. The largest absolute Gasteiger partial charge is 0.132 e. The Kier molecular flexibility index (Phi) is 3.28. The van der Waals surface area contributed by atoms with Gasteiger partial charge >= 0.3 is 0 Å². The summed E-state index contributed by atoms with van der Waals surface area (Å²) in [5.74, 6) is 1.16. The molecular formula is C9H12ClS+. The summed E-state index contributed by atoms with van der Waals surface area (Å²) < 4.78 is 0. The topological polar surface area (TPSA) is 0 Å². The lowest BCUT2D eigenvalue weighted by Gasteiger charge is -1.97. The van der Waals surface area contributed by atoms with Crippen molar-refractivity contribution in [1.82, 2.24) is 0 Å². The lowest BCUT2D eigenvalue weighted by Crippen LogP contribution is -1.98. The molecule has 0 unspecified atom stereocenters. The summed E-state index contributed by atoms with van der Waals surface area (Å²) in [7, 11) is 0.484. The van der Waals surface area contributed by atoms with Gasteiger partial charge in [-0.05, 0) is 23.0 Å². The number of halogens is 1. The summed E-state index contributed by atoms with van der Waals surface area (Å²) in [5, 5.41) is 0.820. The number of benzene rings is 1. The van der Waals surface area contributed by atoms with Crippen LogP contribution in [-0.4, -0.2) is 12.5 Å². The van der Waals surface area contributed by atoms with Gasteiger partial charge in [-0.3, -0.25) is 0 Å². The summed E-state index contributed by atoms with van der Waals surface area (Å²) >= 11 is 5.75. The highest BCUT2D eigenvalue weighted by molar-refractivity contribution is 7.94. The first-order valence-corrected chi connectivity index (χ1v) is 6.06. The fourth-order valence-corrected chi connectivity index (χ4v) is 1.90. The summed E-state index contributed by atoms with van der Waals surface area (Å²) in [5.41, 5.74) is 1.38. The van der Waals surface area contributed by atoms with Gasteiger partial charge in [-0.15, -0.1) is 0 Å². The minimum atomic E-state index is 0.484. The highest BCUT2D eigenvalue weighted by Gasteiger charge is 2.03. The Balaban J connectivity index is 2.66. The van der Waals surface area contributed by atoms with Crippen LogP contribution in [0.15, 0.2) is 24.3 Å². The van der Waals surface area contributed by atoms with Gasteiger partial charge in [-0.1, -0.05) is 23.7 Å². The minimum absolute atomic E-state index is 0.484. The van der Waals surface area contributed by atoms with Crippen molar-refractivity contribution in [3.8, 4) is 0 Å². The van der Waals surface area contributed by atoms with Crippen molar-refractivity contribution in [1.29, 1.82) is 0 Å². The standard InChI is InChI=1S/C9H12ClS/c1-11(2)7-8-3-5-9(10)6-4-8/h3-6H,7H2,1-2H3/q+1. The van der Waals surface area contributed by atoms with Gasteiger partial charge in [-0.2, -0.15) is 0 Å². The van der Waals surface area contributed by atoms with Crippen LogP contribution in [0.1, 0.15) is 5.56 Å². The summed E-state index contributed by atoms with van der Waals surface area (Å²) in [4.78, 5) is 0. The van der Waals surface area contributed by atoms with Crippen LogP contribution in [0, 0.1) is 0 Å². The maximum atomic E-state index is 5.75.